The summed E-state index contributed by atoms with van der Waals surface area (Å²) in [5.41, 5.74) is 0.187. The number of hydrogen-bond donors (Lipinski definition) is 0. The maximum absolute atomic E-state index is 13.5. The summed E-state index contributed by atoms with van der Waals surface area (Å²) in [6, 6.07) is 6.81. The van der Waals surface area contributed by atoms with Gasteiger partial charge in [-0.05, 0) is 5.56 Å². The Labute approximate surface area is 154 Å². The van der Waals surface area contributed by atoms with Crippen LogP contribution in [0.5, 0.6) is 0 Å². The van der Waals surface area contributed by atoms with Gasteiger partial charge in [0.15, 0.2) is 0 Å². The second kappa shape index (κ2) is 7.51. The van der Waals surface area contributed by atoms with Crippen LogP contribution in [0.4, 0.5) is 48.3 Å². The lowest BCUT2D eigenvalue weighted by Crippen LogP contribution is -2.67. The van der Waals surface area contributed by atoms with Crippen LogP contribution in [0.25, 0.3) is 0 Å². The average molecular weight is 472 g/mol. The van der Waals surface area contributed by atoms with Gasteiger partial charge in [0, 0.05) is 17.8 Å². The van der Waals surface area contributed by atoms with E-state index in [1.807, 2.05) is 0 Å². The van der Waals surface area contributed by atoms with Gasteiger partial charge in [0.2, 0.25) is 0 Å². The third-order valence-corrected chi connectivity index (χ3v) is 5.47. The molecule has 1 rings (SSSR count). The van der Waals surface area contributed by atoms with E-state index >= 15 is 0 Å². The van der Waals surface area contributed by atoms with Crippen LogP contribution in [-0.2, 0) is 19.5 Å². The van der Waals surface area contributed by atoms with Crippen molar-refractivity contribution in [1.29, 1.82) is 0 Å². The van der Waals surface area contributed by atoms with Gasteiger partial charge in [0.25, 0.3) is 0 Å². The summed E-state index contributed by atoms with van der Waals surface area (Å²) in [6.45, 7) is 0. The predicted molar refractivity (Wildman–Crippen MR) is 73.6 cm³/mol. The highest BCUT2D eigenvalue weighted by atomic mass is 32.3. The van der Waals surface area contributed by atoms with Crippen molar-refractivity contribution in [1.82, 2.24) is 0 Å². The van der Waals surface area contributed by atoms with Crippen molar-refractivity contribution in [3.63, 3.8) is 0 Å². The first-order valence-corrected chi connectivity index (χ1v) is 8.82. The van der Waals surface area contributed by atoms with Crippen LogP contribution in [-0.4, -0.2) is 37.6 Å². The SMILES string of the molecule is O=S(=O)(OSCc1ccccc1)C(F)(F)C(F)(F)C(F)(F)C(F)(F)C(F)(F)F. The van der Waals surface area contributed by atoms with E-state index in [1.165, 1.54) is 30.3 Å². The van der Waals surface area contributed by atoms with E-state index < -0.39 is 57.1 Å². The minimum atomic E-state index is -7.83. The van der Waals surface area contributed by atoms with Crippen LogP contribution < -0.4 is 0 Å². The van der Waals surface area contributed by atoms with Gasteiger partial charge in [0.05, 0.1) is 0 Å². The largest absolute Gasteiger partial charge is 0.460 e. The zero-order valence-corrected chi connectivity index (χ0v) is 14.4. The van der Waals surface area contributed by atoms with Gasteiger partial charge in [-0.25, -0.2) is 0 Å². The molecule has 0 aromatic heterocycles. The lowest BCUT2D eigenvalue weighted by atomic mass is 10.0. The first-order chi connectivity index (χ1) is 12.3. The second-order valence-electron chi connectivity index (χ2n) is 5.01. The molecule has 0 aliphatic rings. The number of alkyl halides is 11. The Kier molecular flexibility index (Phi) is 6.64. The molecule has 0 fully saturated rings. The van der Waals surface area contributed by atoms with E-state index in [2.05, 4.69) is 3.63 Å². The summed E-state index contributed by atoms with van der Waals surface area (Å²) in [5, 5.41) is -7.14. The Bertz CT molecular complexity index is 776. The molecule has 0 bridgehead atoms. The first-order valence-electron chi connectivity index (χ1n) is 6.50. The standard InChI is InChI=1S/C12H7F11O3S2/c13-8(14,9(15,16)11(19,20)21)10(17,18)12(22,23)28(24,25)26-27-6-7-4-2-1-3-5-7/h1-5H,6H2. The van der Waals surface area contributed by atoms with E-state index in [0.717, 1.165) is 0 Å². The van der Waals surface area contributed by atoms with E-state index in [-0.39, 0.29) is 5.56 Å². The molecule has 0 N–H and O–H groups in total. The van der Waals surface area contributed by atoms with Crippen molar-refractivity contribution in [2.75, 3.05) is 0 Å². The van der Waals surface area contributed by atoms with E-state index in [4.69, 9.17) is 0 Å². The Hall–Kier alpha value is -1.29. The Morgan fingerprint density at radius 2 is 1.21 bits per heavy atom. The maximum atomic E-state index is 13.5. The lowest BCUT2D eigenvalue weighted by Gasteiger charge is -2.36. The molecule has 16 heteroatoms. The van der Waals surface area contributed by atoms with Crippen molar-refractivity contribution in [2.24, 2.45) is 0 Å². The van der Waals surface area contributed by atoms with E-state index in [9.17, 15) is 56.7 Å². The zero-order chi connectivity index (χ0) is 22.2. The van der Waals surface area contributed by atoms with Crippen LogP contribution in [0.1, 0.15) is 5.56 Å². The number of benzene rings is 1. The molecule has 28 heavy (non-hydrogen) atoms. The molecular formula is C12H7F11O3S2. The van der Waals surface area contributed by atoms with Crippen molar-refractivity contribution in [2.45, 2.75) is 35.0 Å². The molecule has 162 valence electrons. The maximum Gasteiger partial charge on any atom is 0.460 e. The van der Waals surface area contributed by atoms with Crippen LogP contribution in [0.15, 0.2) is 30.3 Å². The summed E-state index contributed by atoms with van der Waals surface area (Å²) in [7, 11) is -7.08. The van der Waals surface area contributed by atoms with Gasteiger partial charge in [0.1, 0.15) is 0 Å². The van der Waals surface area contributed by atoms with Crippen LogP contribution >= 0.6 is 12.0 Å². The summed E-state index contributed by atoms with van der Waals surface area (Å²) >= 11 is -0.476. The smallest absolute Gasteiger partial charge is 0.193 e. The third kappa shape index (κ3) is 4.03. The van der Waals surface area contributed by atoms with Crippen molar-refractivity contribution < 1.29 is 60.3 Å². The van der Waals surface area contributed by atoms with Gasteiger partial charge < -0.3 is 0 Å². The van der Waals surface area contributed by atoms with Crippen LogP contribution in [0.3, 0.4) is 0 Å². The Morgan fingerprint density at radius 3 is 1.64 bits per heavy atom. The molecule has 0 saturated carbocycles. The van der Waals surface area contributed by atoms with Crippen LogP contribution in [0.2, 0.25) is 0 Å². The predicted octanol–water partition coefficient (Wildman–Crippen LogP) is 5.24. The topological polar surface area (TPSA) is 43.4 Å². The Balaban J connectivity index is 3.15. The zero-order valence-electron chi connectivity index (χ0n) is 12.8. The molecule has 0 saturated heterocycles. The van der Waals surface area contributed by atoms with Gasteiger partial charge >= 0.3 is 39.3 Å². The fourth-order valence-electron chi connectivity index (χ4n) is 1.49. The summed E-state index contributed by atoms with van der Waals surface area (Å²) in [6.07, 6.45) is -7.39. The fourth-order valence-corrected chi connectivity index (χ4v) is 3.30. The highest BCUT2D eigenvalue weighted by Gasteiger charge is 2.90. The van der Waals surface area contributed by atoms with E-state index in [0.29, 0.717) is 0 Å². The Morgan fingerprint density at radius 1 is 0.750 bits per heavy atom. The molecule has 1 aromatic carbocycles. The van der Waals surface area contributed by atoms with Gasteiger partial charge in [-0.15, -0.1) is 0 Å². The average Bonchev–Trinajstić information content (AvgIpc) is 2.53. The molecule has 0 aliphatic heterocycles. The summed E-state index contributed by atoms with van der Waals surface area (Å²) in [5.74, 6) is -23.8. The fraction of sp³-hybridized carbons (Fsp3) is 0.500. The monoisotopic (exact) mass is 472 g/mol. The van der Waals surface area contributed by atoms with Gasteiger partial charge in [-0.2, -0.15) is 60.3 Å². The quantitative estimate of drug-likeness (QED) is 0.384. The van der Waals surface area contributed by atoms with Crippen molar-refractivity contribution in [3.05, 3.63) is 35.9 Å². The van der Waals surface area contributed by atoms with Crippen molar-refractivity contribution in [3.8, 4) is 0 Å². The summed E-state index contributed by atoms with van der Waals surface area (Å²) in [4.78, 5) is 0. The second-order valence-corrected chi connectivity index (χ2v) is 7.50. The highest BCUT2D eigenvalue weighted by molar-refractivity contribution is 8.04. The number of halogens is 11. The van der Waals surface area contributed by atoms with E-state index in [1.54, 1.807) is 0 Å². The molecular weight excluding hydrogens is 465 g/mol. The van der Waals surface area contributed by atoms with Gasteiger partial charge in [-0.3, -0.25) is 0 Å². The molecule has 0 aliphatic carbocycles. The normalized spacial score (nSPS) is 15.0. The molecule has 1 aromatic rings. The number of rotatable bonds is 8. The molecule has 0 radical (unpaired) electrons. The highest BCUT2D eigenvalue weighted by Crippen LogP contribution is 2.58. The first kappa shape index (κ1) is 24.7. The molecule has 0 atom stereocenters. The van der Waals surface area contributed by atoms with Crippen LogP contribution in [0, 0.1) is 0 Å². The molecule has 0 heterocycles. The molecule has 0 amide bonds. The summed E-state index contributed by atoms with van der Waals surface area (Å²) < 4.78 is 167. The lowest BCUT2D eigenvalue weighted by molar-refractivity contribution is -0.413. The third-order valence-electron chi connectivity index (χ3n) is 3.03. The molecule has 0 spiro atoms. The molecule has 0 unspecified atom stereocenters. The van der Waals surface area contributed by atoms with Gasteiger partial charge in [-0.1, -0.05) is 30.3 Å². The molecule has 3 nitrogen and oxygen atoms in total. The van der Waals surface area contributed by atoms with Crippen molar-refractivity contribution >= 4 is 22.2 Å². The minimum absolute atomic E-state index is 0.187. The number of hydrogen-bond acceptors (Lipinski definition) is 4. The minimum Gasteiger partial charge on any atom is -0.193 e.